The van der Waals surface area contributed by atoms with Gasteiger partial charge in [0.15, 0.2) is 11.5 Å². The normalized spacial score (nSPS) is 11.8. The van der Waals surface area contributed by atoms with Gasteiger partial charge >= 0.3 is 0 Å². The van der Waals surface area contributed by atoms with E-state index < -0.39 is 10.0 Å². The Balaban J connectivity index is 2.93. The minimum Gasteiger partial charge on any atom is -0.490 e. The van der Waals surface area contributed by atoms with Crippen molar-refractivity contribution in [1.82, 2.24) is 4.72 Å². The fourth-order valence-electron chi connectivity index (χ4n) is 1.73. The summed E-state index contributed by atoms with van der Waals surface area (Å²) in [5.74, 6) is 0.989. The predicted octanol–water partition coefficient (Wildman–Crippen LogP) is 2.73. The summed E-state index contributed by atoms with van der Waals surface area (Å²) in [5.41, 5.74) is 0. The first kappa shape index (κ1) is 17.5. The van der Waals surface area contributed by atoms with E-state index in [2.05, 4.69) is 4.72 Å². The summed E-state index contributed by atoms with van der Waals surface area (Å²) in [6, 6.07) is 4.63. The van der Waals surface area contributed by atoms with Crippen LogP contribution in [0.1, 0.15) is 27.2 Å². The van der Waals surface area contributed by atoms with Gasteiger partial charge in [0, 0.05) is 12.6 Å². The summed E-state index contributed by atoms with van der Waals surface area (Å²) in [5, 5.41) is 0. The maximum absolute atomic E-state index is 12.2. The molecule has 6 heteroatoms. The average Bonchev–Trinajstić information content (AvgIpc) is 2.46. The van der Waals surface area contributed by atoms with Crippen LogP contribution in [-0.4, -0.2) is 28.2 Å². The Bertz CT molecular complexity index is 567. The summed E-state index contributed by atoms with van der Waals surface area (Å²) in [6.45, 7) is 6.90. The maximum atomic E-state index is 12.2. The summed E-state index contributed by atoms with van der Waals surface area (Å²) in [7, 11) is -3.53. The molecule has 0 aromatic heterocycles. The molecule has 0 heterocycles. The van der Waals surface area contributed by atoms with E-state index >= 15 is 0 Å². The summed E-state index contributed by atoms with van der Waals surface area (Å²) in [6.07, 6.45) is 4.45. The van der Waals surface area contributed by atoms with Gasteiger partial charge in [-0.25, -0.2) is 13.1 Å². The zero-order chi connectivity index (χ0) is 15.7. The molecule has 0 saturated heterocycles. The molecule has 0 aliphatic carbocycles. The highest BCUT2D eigenvalue weighted by Crippen LogP contribution is 2.30. The molecule has 1 aromatic carbocycles. The summed E-state index contributed by atoms with van der Waals surface area (Å²) < 4.78 is 37.8. The van der Waals surface area contributed by atoms with Crippen LogP contribution < -0.4 is 14.2 Å². The molecule has 1 rings (SSSR count). The molecule has 0 saturated carbocycles. The molecule has 1 aromatic rings. The molecule has 0 fully saturated rings. The van der Waals surface area contributed by atoms with Crippen molar-refractivity contribution in [2.45, 2.75) is 32.1 Å². The van der Waals surface area contributed by atoms with E-state index in [4.69, 9.17) is 9.47 Å². The molecular formula is C15H23NO4S. The van der Waals surface area contributed by atoms with E-state index in [1.807, 2.05) is 32.9 Å². The van der Waals surface area contributed by atoms with Crippen LogP contribution in [0, 0.1) is 0 Å². The molecule has 21 heavy (non-hydrogen) atoms. The fourth-order valence-corrected chi connectivity index (χ4v) is 2.79. The van der Waals surface area contributed by atoms with Gasteiger partial charge in [0.25, 0.3) is 0 Å². The van der Waals surface area contributed by atoms with Crippen LogP contribution in [-0.2, 0) is 10.0 Å². The maximum Gasteiger partial charge on any atom is 0.240 e. The van der Waals surface area contributed by atoms with Crippen LogP contribution in [0.5, 0.6) is 11.5 Å². The van der Waals surface area contributed by atoms with E-state index in [1.165, 1.54) is 12.1 Å². The molecule has 0 atom stereocenters. The molecule has 0 amide bonds. The number of nitrogens with one attached hydrogen (secondary N) is 1. The van der Waals surface area contributed by atoms with Crippen LogP contribution >= 0.6 is 0 Å². The highest BCUT2D eigenvalue weighted by molar-refractivity contribution is 7.89. The SMILES string of the molecule is C/C=C/CCNS(=O)(=O)c1ccc(OCC)c(OCC)c1. The third kappa shape index (κ3) is 5.40. The van der Waals surface area contributed by atoms with Crippen molar-refractivity contribution < 1.29 is 17.9 Å². The minimum absolute atomic E-state index is 0.176. The smallest absolute Gasteiger partial charge is 0.240 e. The molecule has 0 spiro atoms. The van der Waals surface area contributed by atoms with Gasteiger partial charge in [-0.2, -0.15) is 0 Å². The zero-order valence-corrected chi connectivity index (χ0v) is 13.6. The quantitative estimate of drug-likeness (QED) is 0.562. The Labute approximate surface area is 127 Å². The molecule has 0 aliphatic heterocycles. The number of allylic oxidation sites excluding steroid dienone is 1. The summed E-state index contributed by atoms with van der Waals surface area (Å²) >= 11 is 0. The van der Waals surface area contributed by atoms with Gasteiger partial charge in [0.05, 0.1) is 18.1 Å². The number of rotatable bonds is 9. The lowest BCUT2D eigenvalue weighted by Crippen LogP contribution is -2.24. The van der Waals surface area contributed by atoms with Gasteiger partial charge in [-0.1, -0.05) is 12.2 Å². The van der Waals surface area contributed by atoms with E-state index in [9.17, 15) is 8.42 Å². The Hall–Kier alpha value is -1.53. The third-order valence-electron chi connectivity index (χ3n) is 2.66. The average molecular weight is 313 g/mol. The monoisotopic (exact) mass is 313 g/mol. The van der Waals surface area contributed by atoms with Crippen molar-refractivity contribution in [3.63, 3.8) is 0 Å². The van der Waals surface area contributed by atoms with E-state index in [1.54, 1.807) is 6.07 Å². The second-order valence-electron chi connectivity index (χ2n) is 4.23. The Morgan fingerprint density at radius 3 is 2.43 bits per heavy atom. The Kier molecular flexibility index (Phi) is 7.25. The highest BCUT2D eigenvalue weighted by Gasteiger charge is 2.16. The molecule has 0 radical (unpaired) electrons. The van der Waals surface area contributed by atoms with Crippen LogP contribution in [0.15, 0.2) is 35.2 Å². The van der Waals surface area contributed by atoms with Crippen molar-refractivity contribution in [2.75, 3.05) is 19.8 Å². The van der Waals surface area contributed by atoms with Gasteiger partial charge in [0.2, 0.25) is 10.0 Å². The molecule has 0 aliphatic rings. The number of hydrogen-bond donors (Lipinski definition) is 1. The largest absolute Gasteiger partial charge is 0.490 e. The zero-order valence-electron chi connectivity index (χ0n) is 12.8. The van der Waals surface area contributed by atoms with Crippen molar-refractivity contribution in [3.8, 4) is 11.5 Å². The van der Waals surface area contributed by atoms with E-state index in [0.29, 0.717) is 37.7 Å². The van der Waals surface area contributed by atoms with Gasteiger partial charge in [-0.3, -0.25) is 0 Å². The lowest BCUT2D eigenvalue weighted by atomic mass is 10.3. The van der Waals surface area contributed by atoms with Crippen molar-refractivity contribution in [2.24, 2.45) is 0 Å². The lowest BCUT2D eigenvalue weighted by Gasteiger charge is -2.13. The molecule has 5 nitrogen and oxygen atoms in total. The Morgan fingerprint density at radius 1 is 1.14 bits per heavy atom. The van der Waals surface area contributed by atoms with Gasteiger partial charge in [0.1, 0.15) is 0 Å². The molecule has 0 unspecified atom stereocenters. The lowest BCUT2D eigenvalue weighted by molar-refractivity contribution is 0.287. The van der Waals surface area contributed by atoms with E-state index in [-0.39, 0.29) is 4.90 Å². The number of benzene rings is 1. The minimum atomic E-state index is -3.53. The van der Waals surface area contributed by atoms with Crippen molar-refractivity contribution in [3.05, 3.63) is 30.4 Å². The second-order valence-corrected chi connectivity index (χ2v) is 6.00. The topological polar surface area (TPSA) is 64.6 Å². The van der Waals surface area contributed by atoms with Crippen LogP contribution in [0.4, 0.5) is 0 Å². The van der Waals surface area contributed by atoms with Crippen LogP contribution in [0.3, 0.4) is 0 Å². The highest BCUT2D eigenvalue weighted by atomic mass is 32.2. The predicted molar refractivity (Wildman–Crippen MR) is 83.4 cm³/mol. The molecule has 1 N–H and O–H groups in total. The van der Waals surface area contributed by atoms with Gasteiger partial charge < -0.3 is 9.47 Å². The second kappa shape index (κ2) is 8.69. The molecular weight excluding hydrogens is 290 g/mol. The van der Waals surface area contributed by atoms with Gasteiger partial charge in [-0.05, 0) is 39.3 Å². The molecule has 118 valence electrons. The van der Waals surface area contributed by atoms with E-state index in [0.717, 1.165) is 0 Å². The van der Waals surface area contributed by atoms with Crippen molar-refractivity contribution >= 4 is 10.0 Å². The van der Waals surface area contributed by atoms with Gasteiger partial charge in [-0.15, -0.1) is 0 Å². The first-order chi connectivity index (χ1) is 10.0. The standard InChI is InChI=1S/C15H23NO4S/c1-4-7-8-11-16-21(17,18)13-9-10-14(19-5-2)15(12-13)20-6-3/h4,7,9-10,12,16H,5-6,8,11H2,1-3H3/b7-4+. The van der Waals surface area contributed by atoms with Crippen molar-refractivity contribution in [1.29, 1.82) is 0 Å². The third-order valence-corrected chi connectivity index (χ3v) is 4.12. The van der Waals surface area contributed by atoms with Crippen LogP contribution in [0.2, 0.25) is 0 Å². The number of ether oxygens (including phenoxy) is 2. The number of sulfonamides is 1. The first-order valence-corrected chi connectivity index (χ1v) is 8.54. The summed E-state index contributed by atoms with van der Waals surface area (Å²) in [4.78, 5) is 0.176. The number of hydrogen-bond acceptors (Lipinski definition) is 4. The Morgan fingerprint density at radius 2 is 1.81 bits per heavy atom. The first-order valence-electron chi connectivity index (χ1n) is 7.05. The molecule has 0 bridgehead atoms. The fraction of sp³-hybridized carbons (Fsp3) is 0.467. The van der Waals surface area contributed by atoms with Crippen LogP contribution in [0.25, 0.3) is 0 Å².